The van der Waals surface area contributed by atoms with Crippen LogP contribution in [0.25, 0.3) is 0 Å². The van der Waals surface area contributed by atoms with Gasteiger partial charge in [-0.25, -0.2) is 0 Å². The van der Waals surface area contributed by atoms with E-state index in [1.54, 1.807) is 26.0 Å². The van der Waals surface area contributed by atoms with Crippen LogP contribution in [0.4, 0.5) is 0 Å². The molecule has 0 saturated heterocycles. The Morgan fingerprint density at radius 3 is 2.73 bits per heavy atom. The Morgan fingerprint density at radius 2 is 2.13 bits per heavy atom. The molecule has 1 unspecified atom stereocenters. The van der Waals surface area contributed by atoms with Gasteiger partial charge in [0.25, 0.3) is 0 Å². The molecule has 1 aliphatic heterocycles. The maximum atomic E-state index is 9.99. The van der Waals surface area contributed by atoms with Gasteiger partial charge in [-0.2, -0.15) is 0 Å². The summed E-state index contributed by atoms with van der Waals surface area (Å²) in [4.78, 5) is 0. The minimum absolute atomic E-state index is 0.147. The van der Waals surface area contributed by atoms with E-state index in [2.05, 4.69) is 0 Å². The molecule has 3 nitrogen and oxygen atoms in total. The van der Waals surface area contributed by atoms with Crippen molar-refractivity contribution in [3.8, 4) is 5.75 Å². The van der Waals surface area contributed by atoms with Crippen LogP contribution in [-0.4, -0.2) is 15.8 Å². The lowest BCUT2D eigenvalue weighted by molar-refractivity contribution is -0.000124. The van der Waals surface area contributed by atoms with Gasteiger partial charge in [0.05, 0.1) is 6.61 Å². The van der Waals surface area contributed by atoms with Crippen LogP contribution < -0.4 is 4.74 Å². The van der Waals surface area contributed by atoms with E-state index in [0.717, 1.165) is 0 Å². The zero-order chi connectivity index (χ0) is 11.2. The molecule has 0 saturated carbocycles. The Morgan fingerprint density at radius 1 is 1.47 bits per heavy atom. The molecule has 1 aromatic carbocycles. The van der Waals surface area contributed by atoms with Gasteiger partial charge < -0.3 is 14.9 Å². The Balaban J connectivity index is 2.58. The minimum Gasteiger partial charge on any atom is -0.484 e. The number of aliphatic hydroxyl groups excluding tert-OH is 2. The van der Waals surface area contributed by atoms with Crippen LogP contribution in [0.1, 0.15) is 31.1 Å². The van der Waals surface area contributed by atoms with E-state index in [1.807, 2.05) is 0 Å². The first-order chi connectivity index (χ1) is 6.95. The van der Waals surface area contributed by atoms with Gasteiger partial charge >= 0.3 is 0 Å². The summed E-state index contributed by atoms with van der Waals surface area (Å²) in [5.74, 6) is 0.555. The van der Waals surface area contributed by atoms with E-state index in [4.69, 9.17) is 21.4 Å². The fourth-order valence-corrected chi connectivity index (χ4v) is 2.06. The third kappa shape index (κ3) is 1.61. The van der Waals surface area contributed by atoms with Crippen molar-refractivity contribution in [1.29, 1.82) is 0 Å². The predicted molar refractivity (Wildman–Crippen MR) is 57.0 cm³/mol. The second-order valence-electron chi connectivity index (χ2n) is 4.25. The smallest absolute Gasteiger partial charge is 0.133 e. The van der Waals surface area contributed by atoms with Gasteiger partial charge in [-0.05, 0) is 26.0 Å². The molecule has 1 heterocycles. The number of hydrogen-bond donors (Lipinski definition) is 2. The lowest BCUT2D eigenvalue weighted by Gasteiger charge is -2.21. The van der Waals surface area contributed by atoms with Crippen LogP contribution in [0, 0.1) is 0 Å². The molecule has 1 aromatic rings. The molecule has 0 spiro atoms. The van der Waals surface area contributed by atoms with Crippen LogP contribution >= 0.6 is 11.6 Å². The van der Waals surface area contributed by atoms with Gasteiger partial charge in [0.15, 0.2) is 0 Å². The summed E-state index contributed by atoms with van der Waals surface area (Å²) < 4.78 is 5.61. The lowest BCUT2D eigenvalue weighted by atomic mass is 9.97. The van der Waals surface area contributed by atoms with E-state index in [9.17, 15) is 5.11 Å². The van der Waals surface area contributed by atoms with E-state index in [0.29, 0.717) is 21.9 Å². The normalized spacial score (nSPS) is 22.3. The summed E-state index contributed by atoms with van der Waals surface area (Å²) in [7, 11) is 0. The van der Waals surface area contributed by atoms with Crippen LogP contribution in [0.5, 0.6) is 5.75 Å². The third-order valence-corrected chi connectivity index (χ3v) is 2.87. The highest BCUT2D eigenvalue weighted by Gasteiger charge is 2.41. The quantitative estimate of drug-likeness (QED) is 0.774. The summed E-state index contributed by atoms with van der Waals surface area (Å²) in [6, 6.07) is 3.32. The molecule has 0 bridgehead atoms. The average Bonchev–Trinajstić information content (AvgIpc) is 2.39. The first-order valence-corrected chi connectivity index (χ1v) is 5.14. The molecule has 1 aliphatic rings. The molecular formula is C11H13ClO3. The first kappa shape index (κ1) is 10.7. The van der Waals surface area contributed by atoms with Gasteiger partial charge in [-0.3, -0.25) is 0 Å². The largest absolute Gasteiger partial charge is 0.484 e. The molecule has 2 rings (SSSR count). The number of ether oxygens (including phenoxy) is 1. The van der Waals surface area contributed by atoms with Gasteiger partial charge in [0, 0.05) is 16.1 Å². The third-order valence-electron chi connectivity index (χ3n) is 2.65. The molecule has 2 N–H and O–H groups in total. The number of aliphatic hydroxyl groups is 2. The fourth-order valence-electron chi connectivity index (χ4n) is 1.81. The highest BCUT2D eigenvalue weighted by molar-refractivity contribution is 6.30. The Labute approximate surface area is 93.3 Å². The molecule has 1 atom stereocenters. The number of hydrogen-bond acceptors (Lipinski definition) is 3. The van der Waals surface area contributed by atoms with E-state index >= 15 is 0 Å². The van der Waals surface area contributed by atoms with E-state index in [-0.39, 0.29) is 6.61 Å². The Bertz CT molecular complexity index is 401. The maximum absolute atomic E-state index is 9.99. The second-order valence-corrected chi connectivity index (χ2v) is 4.69. The van der Waals surface area contributed by atoms with Crippen molar-refractivity contribution in [1.82, 2.24) is 0 Å². The molecule has 0 aliphatic carbocycles. The van der Waals surface area contributed by atoms with E-state index < -0.39 is 11.7 Å². The van der Waals surface area contributed by atoms with Gasteiger partial charge in [0.1, 0.15) is 17.5 Å². The standard InChI is InChI=1S/C11H13ClO3/c1-11(2)10(14)8-4-7(12)3-6(5-13)9(8)15-11/h3-4,10,13-14H,5H2,1-2H3. The molecule has 82 valence electrons. The SMILES string of the molecule is CC1(C)Oc2c(CO)cc(Cl)cc2C1O. The van der Waals surface area contributed by atoms with Crippen LogP contribution in [0.15, 0.2) is 12.1 Å². The van der Waals surface area contributed by atoms with E-state index in [1.165, 1.54) is 0 Å². The van der Waals surface area contributed by atoms with Gasteiger partial charge in [0.2, 0.25) is 0 Å². The lowest BCUT2D eigenvalue weighted by Crippen LogP contribution is -2.29. The van der Waals surface area contributed by atoms with Crippen molar-refractivity contribution >= 4 is 11.6 Å². The minimum atomic E-state index is -0.712. The summed E-state index contributed by atoms with van der Waals surface area (Å²) in [6.45, 7) is 3.45. The van der Waals surface area contributed by atoms with Crippen molar-refractivity contribution in [3.05, 3.63) is 28.3 Å². The highest BCUT2D eigenvalue weighted by atomic mass is 35.5. The monoisotopic (exact) mass is 228 g/mol. The van der Waals surface area contributed by atoms with Crippen LogP contribution in [0.2, 0.25) is 5.02 Å². The number of rotatable bonds is 1. The van der Waals surface area contributed by atoms with Crippen LogP contribution in [-0.2, 0) is 6.61 Å². The number of benzene rings is 1. The molecular weight excluding hydrogens is 216 g/mol. The number of halogens is 1. The predicted octanol–water partition coefficient (Wildman–Crippen LogP) is 2.04. The molecule has 0 radical (unpaired) electrons. The maximum Gasteiger partial charge on any atom is 0.133 e. The first-order valence-electron chi connectivity index (χ1n) is 4.76. The van der Waals surface area contributed by atoms with Crippen molar-refractivity contribution in [2.45, 2.75) is 32.2 Å². The van der Waals surface area contributed by atoms with Crippen molar-refractivity contribution in [2.24, 2.45) is 0 Å². The summed E-state index contributed by atoms with van der Waals surface area (Å²) in [5, 5.41) is 19.6. The summed E-state index contributed by atoms with van der Waals surface area (Å²) in [6.07, 6.45) is -0.712. The zero-order valence-corrected chi connectivity index (χ0v) is 9.38. The Kier molecular flexibility index (Phi) is 2.41. The number of fused-ring (bicyclic) bond motifs is 1. The van der Waals surface area contributed by atoms with Crippen LogP contribution in [0.3, 0.4) is 0 Å². The Hall–Kier alpha value is -0.770. The molecule has 0 fully saturated rings. The van der Waals surface area contributed by atoms with Gasteiger partial charge in [-0.1, -0.05) is 11.6 Å². The molecule has 0 amide bonds. The fraction of sp³-hybridized carbons (Fsp3) is 0.455. The topological polar surface area (TPSA) is 49.7 Å². The summed E-state index contributed by atoms with van der Waals surface area (Å²) in [5.41, 5.74) is 0.593. The molecule has 0 aromatic heterocycles. The van der Waals surface area contributed by atoms with Crippen molar-refractivity contribution in [3.63, 3.8) is 0 Å². The van der Waals surface area contributed by atoms with Gasteiger partial charge in [-0.15, -0.1) is 0 Å². The highest BCUT2D eigenvalue weighted by Crippen LogP contribution is 2.46. The molecule has 4 heteroatoms. The second kappa shape index (κ2) is 3.37. The van der Waals surface area contributed by atoms with Crippen molar-refractivity contribution < 1.29 is 14.9 Å². The summed E-state index contributed by atoms with van der Waals surface area (Å²) >= 11 is 5.89. The zero-order valence-electron chi connectivity index (χ0n) is 8.62. The molecule has 15 heavy (non-hydrogen) atoms. The van der Waals surface area contributed by atoms with Crippen molar-refractivity contribution in [2.75, 3.05) is 0 Å². The average molecular weight is 229 g/mol.